The fraction of sp³-hybridized carbons (Fsp3) is 0.500. The van der Waals surface area contributed by atoms with Gasteiger partial charge in [-0.3, -0.25) is 9.59 Å². The SMILES string of the molecule is O=C(O)C1CN(C(=O)CCc2nc(-c3ccccc3F)no2)CC12CCOCC2. The van der Waals surface area contributed by atoms with E-state index in [4.69, 9.17) is 9.26 Å². The second-order valence-corrected chi connectivity index (χ2v) is 7.63. The Morgan fingerprint density at radius 2 is 2.03 bits per heavy atom. The molecule has 1 unspecified atom stereocenters. The van der Waals surface area contributed by atoms with Crippen molar-refractivity contribution in [3.05, 3.63) is 36.0 Å². The van der Waals surface area contributed by atoms with Crippen LogP contribution in [0, 0.1) is 17.2 Å². The molecule has 1 amide bonds. The van der Waals surface area contributed by atoms with Crippen molar-refractivity contribution in [3.63, 3.8) is 0 Å². The van der Waals surface area contributed by atoms with Gasteiger partial charge in [0.25, 0.3) is 0 Å². The van der Waals surface area contributed by atoms with Gasteiger partial charge in [-0.1, -0.05) is 17.3 Å². The molecule has 4 rings (SSSR count). The molecule has 0 radical (unpaired) electrons. The smallest absolute Gasteiger partial charge is 0.308 e. The molecule has 0 saturated carbocycles. The molecule has 3 heterocycles. The zero-order chi connectivity index (χ0) is 20.4. The lowest BCUT2D eigenvalue weighted by Crippen LogP contribution is -2.40. The number of aromatic nitrogens is 2. The average molecular weight is 403 g/mol. The molecule has 154 valence electrons. The first kappa shape index (κ1) is 19.5. The van der Waals surface area contributed by atoms with Gasteiger partial charge in [0.05, 0.1) is 11.5 Å². The van der Waals surface area contributed by atoms with Crippen LogP contribution in [-0.2, 0) is 20.7 Å². The van der Waals surface area contributed by atoms with E-state index in [9.17, 15) is 19.1 Å². The van der Waals surface area contributed by atoms with Crippen LogP contribution < -0.4 is 0 Å². The lowest BCUT2D eigenvalue weighted by atomic mass is 9.72. The number of likely N-dealkylation sites (tertiary alicyclic amines) is 1. The number of ether oxygens (including phenoxy) is 1. The van der Waals surface area contributed by atoms with Crippen LogP contribution in [-0.4, -0.2) is 58.3 Å². The molecule has 0 aliphatic carbocycles. The number of aryl methyl sites for hydroxylation is 1. The number of carbonyl (C=O) groups is 2. The minimum absolute atomic E-state index is 0.123. The number of carboxylic acid groups (broad SMARTS) is 1. The molecule has 1 atom stereocenters. The number of hydrogen-bond donors (Lipinski definition) is 1. The molecule has 2 fully saturated rings. The number of carbonyl (C=O) groups excluding carboxylic acids is 1. The number of carboxylic acids is 1. The van der Waals surface area contributed by atoms with E-state index in [0.717, 1.165) is 0 Å². The Kier molecular flexibility index (Phi) is 5.31. The van der Waals surface area contributed by atoms with Gasteiger partial charge >= 0.3 is 5.97 Å². The van der Waals surface area contributed by atoms with E-state index >= 15 is 0 Å². The summed E-state index contributed by atoms with van der Waals surface area (Å²) in [7, 11) is 0. The van der Waals surface area contributed by atoms with Crippen LogP contribution in [0.15, 0.2) is 28.8 Å². The van der Waals surface area contributed by atoms with Gasteiger partial charge in [-0.15, -0.1) is 0 Å². The van der Waals surface area contributed by atoms with Crippen molar-refractivity contribution in [1.82, 2.24) is 15.0 Å². The van der Waals surface area contributed by atoms with Crippen LogP contribution in [0.25, 0.3) is 11.4 Å². The summed E-state index contributed by atoms with van der Waals surface area (Å²) in [6.07, 6.45) is 1.62. The molecule has 0 bridgehead atoms. The van der Waals surface area contributed by atoms with Crippen LogP contribution in [0.3, 0.4) is 0 Å². The highest BCUT2D eigenvalue weighted by Gasteiger charge is 2.51. The molecule has 1 spiro atoms. The van der Waals surface area contributed by atoms with E-state index in [2.05, 4.69) is 10.1 Å². The third-order valence-electron chi connectivity index (χ3n) is 5.92. The van der Waals surface area contributed by atoms with E-state index in [1.807, 2.05) is 0 Å². The van der Waals surface area contributed by atoms with Crippen molar-refractivity contribution < 1.29 is 28.3 Å². The van der Waals surface area contributed by atoms with Crippen molar-refractivity contribution in [2.75, 3.05) is 26.3 Å². The maximum atomic E-state index is 13.8. The predicted molar refractivity (Wildman–Crippen MR) is 98.2 cm³/mol. The first-order valence-electron chi connectivity index (χ1n) is 9.64. The van der Waals surface area contributed by atoms with Crippen molar-refractivity contribution in [1.29, 1.82) is 0 Å². The summed E-state index contributed by atoms with van der Waals surface area (Å²) in [4.78, 5) is 30.2. The first-order chi connectivity index (χ1) is 14.0. The molecule has 2 saturated heterocycles. The topological polar surface area (TPSA) is 106 Å². The number of halogens is 1. The summed E-state index contributed by atoms with van der Waals surface area (Å²) in [5.41, 5.74) is -0.179. The Bertz CT molecular complexity index is 909. The minimum Gasteiger partial charge on any atom is -0.481 e. The van der Waals surface area contributed by atoms with E-state index in [-0.39, 0.29) is 42.6 Å². The second-order valence-electron chi connectivity index (χ2n) is 7.63. The van der Waals surface area contributed by atoms with Crippen LogP contribution in [0.4, 0.5) is 4.39 Å². The molecule has 2 aliphatic rings. The van der Waals surface area contributed by atoms with Gasteiger partial charge in [0.15, 0.2) is 0 Å². The number of rotatable bonds is 5. The van der Waals surface area contributed by atoms with Crippen LogP contribution in [0.2, 0.25) is 0 Å². The predicted octanol–water partition coefficient (Wildman–Crippen LogP) is 2.15. The molecule has 1 aromatic heterocycles. The zero-order valence-electron chi connectivity index (χ0n) is 15.8. The normalized spacial score (nSPS) is 20.9. The summed E-state index contributed by atoms with van der Waals surface area (Å²) in [5, 5.41) is 13.4. The van der Waals surface area contributed by atoms with Gasteiger partial charge in [-0.2, -0.15) is 4.98 Å². The van der Waals surface area contributed by atoms with Crippen molar-refractivity contribution in [2.24, 2.45) is 11.3 Å². The van der Waals surface area contributed by atoms with Crippen molar-refractivity contribution in [2.45, 2.75) is 25.7 Å². The molecule has 2 aliphatic heterocycles. The standard InChI is InChI=1S/C20H22FN3O5/c21-15-4-2-1-3-13(15)18-22-16(29-23-18)5-6-17(25)24-11-14(19(26)27)20(12-24)7-9-28-10-8-20/h1-4,14H,5-12H2,(H,26,27). The number of benzene rings is 1. The summed E-state index contributed by atoms with van der Waals surface area (Å²) in [5.74, 6) is -1.66. The van der Waals surface area contributed by atoms with Gasteiger partial charge < -0.3 is 19.3 Å². The van der Waals surface area contributed by atoms with Crippen LogP contribution in [0.1, 0.15) is 25.2 Å². The molecule has 1 aromatic carbocycles. The maximum Gasteiger partial charge on any atom is 0.308 e. The molecule has 9 heteroatoms. The van der Waals surface area contributed by atoms with E-state index in [1.54, 1.807) is 23.1 Å². The molecule has 8 nitrogen and oxygen atoms in total. The van der Waals surface area contributed by atoms with Gasteiger partial charge in [0.2, 0.25) is 17.6 Å². The summed E-state index contributed by atoms with van der Waals surface area (Å²) < 4.78 is 24.4. The fourth-order valence-corrected chi connectivity index (χ4v) is 4.26. The zero-order valence-corrected chi connectivity index (χ0v) is 15.8. The average Bonchev–Trinajstić information content (AvgIpc) is 3.32. The summed E-state index contributed by atoms with van der Waals surface area (Å²) >= 11 is 0. The fourth-order valence-electron chi connectivity index (χ4n) is 4.26. The molecular weight excluding hydrogens is 381 g/mol. The largest absolute Gasteiger partial charge is 0.481 e. The van der Waals surface area contributed by atoms with E-state index in [0.29, 0.717) is 32.6 Å². The molecule has 1 N–H and O–H groups in total. The van der Waals surface area contributed by atoms with Crippen molar-refractivity contribution >= 4 is 11.9 Å². The second kappa shape index (κ2) is 7.90. The highest BCUT2D eigenvalue weighted by Crippen LogP contribution is 2.44. The number of nitrogens with zero attached hydrogens (tertiary/aromatic N) is 3. The molecule has 29 heavy (non-hydrogen) atoms. The monoisotopic (exact) mass is 403 g/mol. The Balaban J connectivity index is 1.39. The Labute approximate surface area is 166 Å². The number of aliphatic carboxylic acids is 1. The van der Waals surface area contributed by atoms with Crippen molar-refractivity contribution in [3.8, 4) is 11.4 Å². The maximum absolute atomic E-state index is 13.8. The third-order valence-corrected chi connectivity index (χ3v) is 5.92. The Hall–Kier alpha value is -2.81. The Morgan fingerprint density at radius 3 is 2.76 bits per heavy atom. The van der Waals surface area contributed by atoms with Crippen LogP contribution in [0.5, 0.6) is 0 Å². The Morgan fingerprint density at radius 1 is 1.28 bits per heavy atom. The molecular formula is C20H22FN3O5. The highest BCUT2D eigenvalue weighted by molar-refractivity contribution is 5.79. The van der Waals surface area contributed by atoms with E-state index < -0.39 is 23.1 Å². The number of amides is 1. The minimum atomic E-state index is -0.867. The van der Waals surface area contributed by atoms with Gasteiger partial charge in [0, 0.05) is 44.6 Å². The lowest BCUT2D eigenvalue weighted by molar-refractivity contribution is -0.146. The summed E-state index contributed by atoms with van der Waals surface area (Å²) in [6.45, 7) is 1.67. The van der Waals surface area contributed by atoms with Gasteiger partial charge in [-0.05, 0) is 25.0 Å². The highest BCUT2D eigenvalue weighted by atomic mass is 19.1. The third kappa shape index (κ3) is 3.87. The quantitative estimate of drug-likeness (QED) is 0.815. The van der Waals surface area contributed by atoms with Gasteiger partial charge in [0.1, 0.15) is 5.82 Å². The summed E-state index contributed by atoms with van der Waals surface area (Å²) in [6, 6.07) is 6.12. The van der Waals surface area contributed by atoms with Crippen LogP contribution >= 0.6 is 0 Å². The number of hydrogen-bond acceptors (Lipinski definition) is 6. The van der Waals surface area contributed by atoms with E-state index in [1.165, 1.54) is 6.07 Å². The van der Waals surface area contributed by atoms with Gasteiger partial charge in [-0.25, -0.2) is 4.39 Å². The first-order valence-corrected chi connectivity index (χ1v) is 9.64. The lowest BCUT2D eigenvalue weighted by Gasteiger charge is -2.36. The molecule has 2 aromatic rings.